The number of likely N-dealkylation sites (N-methyl/N-ethyl adjacent to an activating group) is 1. The van der Waals surface area contributed by atoms with E-state index in [4.69, 9.17) is 25.8 Å². The van der Waals surface area contributed by atoms with Crippen LogP contribution in [0.15, 0.2) is 54.0 Å². The fraction of sp³-hybridized carbons (Fsp3) is 0.520. The van der Waals surface area contributed by atoms with Gasteiger partial charge in [-0.3, -0.25) is 0 Å². The minimum Gasteiger partial charge on any atom is -0.504 e. The van der Waals surface area contributed by atoms with Gasteiger partial charge in [-0.15, -0.1) is 0 Å². The molecule has 1 aromatic rings. The molecule has 0 unspecified atom stereocenters. The molecule has 0 heterocycles. The molecule has 0 amide bonds. The molecule has 6 heteroatoms. The Morgan fingerprint density at radius 3 is 2.23 bits per heavy atom. The number of hydrogen-bond acceptors (Lipinski definition) is 5. The quantitative estimate of drug-likeness (QED) is 0.295. The van der Waals surface area contributed by atoms with Gasteiger partial charge in [0.15, 0.2) is 0 Å². The molecular formula is C25H43ClN2O3. The van der Waals surface area contributed by atoms with Crippen molar-refractivity contribution in [1.82, 2.24) is 4.90 Å². The number of benzene rings is 1. The molecular weight excluding hydrogens is 412 g/mol. The van der Waals surface area contributed by atoms with Crippen molar-refractivity contribution in [3.8, 4) is 5.75 Å². The van der Waals surface area contributed by atoms with Gasteiger partial charge in [0.25, 0.3) is 0 Å². The molecule has 5 nitrogen and oxygen atoms in total. The zero-order valence-corrected chi connectivity index (χ0v) is 21.7. The van der Waals surface area contributed by atoms with E-state index in [2.05, 4.69) is 30.6 Å². The van der Waals surface area contributed by atoms with E-state index in [1.807, 2.05) is 59.0 Å². The Morgan fingerprint density at radius 2 is 1.74 bits per heavy atom. The van der Waals surface area contributed by atoms with Gasteiger partial charge in [0.1, 0.15) is 18.1 Å². The van der Waals surface area contributed by atoms with Crippen molar-refractivity contribution < 1.29 is 14.2 Å². The molecule has 31 heavy (non-hydrogen) atoms. The molecule has 0 saturated heterocycles. The van der Waals surface area contributed by atoms with Crippen LogP contribution in [0.2, 0.25) is 5.02 Å². The summed E-state index contributed by atoms with van der Waals surface area (Å²) < 4.78 is 15.5. The normalized spacial score (nSPS) is 10.9. The van der Waals surface area contributed by atoms with E-state index in [9.17, 15) is 0 Å². The molecule has 178 valence electrons. The summed E-state index contributed by atoms with van der Waals surface area (Å²) >= 11 is 6.07. The van der Waals surface area contributed by atoms with Crippen LogP contribution < -0.4 is 10.1 Å². The monoisotopic (exact) mass is 454 g/mol. The van der Waals surface area contributed by atoms with E-state index in [0.29, 0.717) is 17.4 Å². The van der Waals surface area contributed by atoms with Gasteiger partial charge in [0.05, 0.1) is 25.5 Å². The minimum absolute atomic E-state index is 0.649. The lowest BCUT2D eigenvalue weighted by molar-refractivity contribution is 0.223. The molecule has 1 N–H and O–H groups in total. The fourth-order valence-electron chi connectivity index (χ4n) is 2.28. The lowest BCUT2D eigenvalue weighted by atomic mass is 10.1. The number of rotatable bonds is 11. The predicted octanol–water partition coefficient (Wildman–Crippen LogP) is 6.77. The standard InChI is InChI=1S/C13H21ClN2O.C10H16O2.C2H6/c1-4-16(5-2)8-9-17-13-10-11(15-3)6-7-12(13)14;1-8(6-10(3)12-5)9(2)7-11-4;1-2/h6-7,10,15H,4-5,8-9H2,1-3H3;6-7H,3H2,1-2,4-5H3;1-2H3/b;8-6-,9-7-;. The van der Waals surface area contributed by atoms with Crippen molar-refractivity contribution in [2.24, 2.45) is 0 Å². The molecule has 0 aliphatic carbocycles. The Labute approximate surface area is 195 Å². The SMILES string of the molecule is C=C(/C=C(C)\C(C)=C/OC)OC.CC.CCN(CC)CCOc1cc(NC)ccc1Cl. The van der Waals surface area contributed by atoms with E-state index in [1.165, 1.54) is 0 Å². The van der Waals surface area contributed by atoms with Gasteiger partial charge >= 0.3 is 0 Å². The molecule has 0 aliphatic rings. The van der Waals surface area contributed by atoms with Gasteiger partial charge in [0.2, 0.25) is 0 Å². The summed E-state index contributed by atoms with van der Waals surface area (Å²) in [6.07, 6.45) is 3.56. The second-order valence-electron chi connectivity index (χ2n) is 6.30. The number of nitrogens with one attached hydrogen (secondary N) is 1. The first-order chi connectivity index (χ1) is 14.8. The van der Waals surface area contributed by atoms with Crippen molar-refractivity contribution in [3.63, 3.8) is 0 Å². The summed E-state index contributed by atoms with van der Waals surface area (Å²) in [6, 6.07) is 5.70. The zero-order valence-electron chi connectivity index (χ0n) is 21.0. The van der Waals surface area contributed by atoms with Crippen molar-refractivity contribution in [2.75, 3.05) is 52.8 Å². The van der Waals surface area contributed by atoms with Crippen molar-refractivity contribution in [2.45, 2.75) is 41.5 Å². The van der Waals surface area contributed by atoms with Crippen LogP contribution in [-0.4, -0.2) is 52.4 Å². The van der Waals surface area contributed by atoms with Crippen LogP contribution in [0.1, 0.15) is 41.5 Å². The highest BCUT2D eigenvalue weighted by molar-refractivity contribution is 6.32. The van der Waals surface area contributed by atoms with E-state index in [1.54, 1.807) is 20.5 Å². The average Bonchev–Trinajstić information content (AvgIpc) is 2.79. The second-order valence-corrected chi connectivity index (χ2v) is 6.71. The third-order valence-electron chi connectivity index (χ3n) is 4.34. The maximum absolute atomic E-state index is 6.07. The van der Waals surface area contributed by atoms with E-state index < -0.39 is 0 Å². The second kappa shape index (κ2) is 19.8. The molecule has 0 saturated carbocycles. The van der Waals surface area contributed by atoms with Crippen molar-refractivity contribution in [3.05, 3.63) is 59.0 Å². The predicted molar refractivity (Wildman–Crippen MR) is 136 cm³/mol. The molecule has 0 radical (unpaired) electrons. The third kappa shape index (κ3) is 14.5. The highest BCUT2D eigenvalue weighted by Gasteiger charge is 2.04. The first-order valence-corrected chi connectivity index (χ1v) is 11.1. The van der Waals surface area contributed by atoms with Crippen LogP contribution in [0.4, 0.5) is 5.69 Å². The number of anilines is 1. The van der Waals surface area contributed by atoms with Gasteiger partial charge in [-0.25, -0.2) is 0 Å². The van der Waals surface area contributed by atoms with Crippen LogP contribution in [0, 0.1) is 0 Å². The largest absolute Gasteiger partial charge is 0.504 e. The Bertz CT molecular complexity index is 669. The highest BCUT2D eigenvalue weighted by atomic mass is 35.5. The lowest BCUT2D eigenvalue weighted by Crippen LogP contribution is -2.27. The Morgan fingerprint density at radius 1 is 1.13 bits per heavy atom. The molecule has 0 aliphatic heterocycles. The van der Waals surface area contributed by atoms with Crippen molar-refractivity contribution in [1.29, 1.82) is 0 Å². The third-order valence-corrected chi connectivity index (χ3v) is 4.65. The first kappa shape index (κ1) is 31.1. The molecule has 0 aromatic heterocycles. The van der Waals surface area contributed by atoms with Gasteiger partial charge in [0, 0.05) is 25.3 Å². The van der Waals surface area contributed by atoms with Gasteiger partial charge in [-0.1, -0.05) is 45.9 Å². The highest BCUT2D eigenvalue weighted by Crippen LogP contribution is 2.27. The maximum Gasteiger partial charge on any atom is 0.140 e. The fourth-order valence-corrected chi connectivity index (χ4v) is 2.45. The topological polar surface area (TPSA) is 43.0 Å². The van der Waals surface area contributed by atoms with Gasteiger partial charge in [-0.05, 0) is 56.3 Å². The summed E-state index contributed by atoms with van der Waals surface area (Å²) in [7, 11) is 5.10. The molecule has 0 spiro atoms. The van der Waals surface area contributed by atoms with Gasteiger partial charge < -0.3 is 24.4 Å². The average molecular weight is 455 g/mol. The van der Waals surface area contributed by atoms with Crippen LogP contribution >= 0.6 is 11.6 Å². The molecule has 0 bridgehead atoms. The molecule has 0 atom stereocenters. The maximum atomic E-state index is 6.07. The Hall–Kier alpha value is -2.11. The van der Waals surface area contributed by atoms with E-state index >= 15 is 0 Å². The molecule has 1 aromatic carbocycles. The smallest absolute Gasteiger partial charge is 0.140 e. The summed E-state index contributed by atoms with van der Waals surface area (Å²) in [5, 5.41) is 3.72. The van der Waals surface area contributed by atoms with Crippen LogP contribution in [0.5, 0.6) is 5.75 Å². The molecule has 1 rings (SSSR count). The molecule has 0 fully saturated rings. The van der Waals surface area contributed by atoms with Crippen LogP contribution in [0.25, 0.3) is 0 Å². The number of nitrogens with zero attached hydrogens (tertiary/aromatic N) is 1. The van der Waals surface area contributed by atoms with E-state index in [-0.39, 0.29) is 0 Å². The summed E-state index contributed by atoms with van der Waals surface area (Å²) in [4.78, 5) is 2.32. The number of ether oxygens (including phenoxy) is 3. The first-order valence-electron chi connectivity index (χ1n) is 10.8. The minimum atomic E-state index is 0.649. The number of allylic oxidation sites excluding steroid dienone is 3. The van der Waals surface area contributed by atoms with E-state index in [0.717, 1.165) is 42.2 Å². The Kier molecular flexibility index (Phi) is 19.9. The van der Waals surface area contributed by atoms with Gasteiger partial charge in [-0.2, -0.15) is 0 Å². The summed E-state index contributed by atoms with van der Waals surface area (Å²) in [5.74, 6) is 1.39. The summed E-state index contributed by atoms with van der Waals surface area (Å²) in [6.45, 7) is 19.6. The zero-order chi connectivity index (χ0) is 24.2. The lowest BCUT2D eigenvalue weighted by Gasteiger charge is -2.18. The number of halogens is 1. The Balaban J connectivity index is 0. The summed E-state index contributed by atoms with van der Waals surface area (Å²) in [5.41, 5.74) is 3.16. The van der Waals surface area contributed by atoms with Crippen LogP contribution in [0.3, 0.4) is 0 Å². The van der Waals surface area contributed by atoms with Crippen molar-refractivity contribution >= 4 is 17.3 Å². The number of hydrogen-bond donors (Lipinski definition) is 1. The van der Waals surface area contributed by atoms with Crippen LogP contribution in [-0.2, 0) is 9.47 Å². The number of methoxy groups -OCH3 is 2.